The van der Waals surface area contributed by atoms with Crippen molar-refractivity contribution in [1.82, 2.24) is 10.2 Å². The lowest BCUT2D eigenvalue weighted by molar-refractivity contribution is -0.121. The quantitative estimate of drug-likeness (QED) is 0.614. The molecule has 31 heavy (non-hydrogen) atoms. The van der Waals surface area contributed by atoms with Crippen LogP contribution in [0.5, 0.6) is 0 Å². The monoisotopic (exact) mass is 437 g/mol. The van der Waals surface area contributed by atoms with Gasteiger partial charge in [0.25, 0.3) is 11.8 Å². The molecule has 0 saturated carbocycles. The Bertz CT molecular complexity index is 1050. The van der Waals surface area contributed by atoms with E-state index < -0.39 is 0 Å². The van der Waals surface area contributed by atoms with Crippen molar-refractivity contribution < 1.29 is 18.8 Å². The Hall–Kier alpha value is -3.39. The number of thiophene rings is 1. The Labute approximate surface area is 184 Å². The van der Waals surface area contributed by atoms with Gasteiger partial charge in [-0.2, -0.15) is 0 Å². The molecule has 0 radical (unpaired) electrons. The van der Waals surface area contributed by atoms with Gasteiger partial charge in [0, 0.05) is 13.1 Å². The van der Waals surface area contributed by atoms with Crippen LogP contribution in [0, 0.1) is 5.92 Å². The average Bonchev–Trinajstić information content (AvgIpc) is 3.52. The van der Waals surface area contributed by atoms with E-state index in [0.29, 0.717) is 41.4 Å². The molecule has 1 atom stereocenters. The Kier molecular flexibility index (Phi) is 6.47. The number of nitrogens with zero attached hydrogens (tertiary/aromatic N) is 1. The van der Waals surface area contributed by atoms with Crippen LogP contribution in [0.1, 0.15) is 38.6 Å². The number of piperidine rings is 1. The third-order valence-electron chi connectivity index (χ3n) is 5.24. The van der Waals surface area contributed by atoms with E-state index in [4.69, 9.17) is 4.42 Å². The molecule has 4 rings (SSSR count). The number of rotatable bonds is 6. The first-order chi connectivity index (χ1) is 15.1. The summed E-state index contributed by atoms with van der Waals surface area (Å²) in [6, 6.07) is 14.1. The van der Waals surface area contributed by atoms with Crippen molar-refractivity contribution in [2.75, 3.05) is 18.4 Å². The minimum absolute atomic E-state index is 0.0368. The van der Waals surface area contributed by atoms with Crippen LogP contribution in [-0.2, 0) is 11.3 Å². The number of anilines is 1. The van der Waals surface area contributed by atoms with Crippen LogP contribution in [0.4, 0.5) is 5.69 Å². The zero-order valence-electron chi connectivity index (χ0n) is 16.9. The average molecular weight is 438 g/mol. The molecule has 0 spiro atoms. The van der Waals surface area contributed by atoms with E-state index >= 15 is 0 Å². The molecule has 0 aliphatic carbocycles. The van der Waals surface area contributed by atoms with Gasteiger partial charge in [-0.15, -0.1) is 11.3 Å². The van der Waals surface area contributed by atoms with Gasteiger partial charge in [-0.1, -0.05) is 18.2 Å². The molecule has 8 heteroatoms. The van der Waals surface area contributed by atoms with Crippen LogP contribution >= 0.6 is 11.3 Å². The highest BCUT2D eigenvalue weighted by Crippen LogP contribution is 2.23. The zero-order valence-corrected chi connectivity index (χ0v) is 17.7. The molecule has 1 aliphatic rings. The molecular weight excluding hydrogens is 414 g/mol. The lowest BCUT2D eigenvalue weighted by Crippen LogP contribution is -2.43. The Balaban J connectivity index is 1.40. The van der Waals surface area contributed by atoms with Gasteiger partial charge in [-0.25, -0.2) is 0 Å². The molecule has 1 aromatic carbocycles. The van der Waals surface area contributed by atoms with Crippen LogP contribution in [0.2, 0.25) is 0 Å². The highest BCUT2D eigenvalue weighted by Gasteiger charge is 2.29. The second-order valence-corrected chi connectivity index (χ2v) is 8.31. The van der Waals surface area contributed by atoms with Gasteiger partial charge in [0.05, 0.1) is 34.9 Å². The number of nitrogens with one attached hydrogen (secondary N) is 2. The number of amides is 3. The molecular formula is C23H23N3O4S. The van der Waals surface area contributed by atoms with Crippen molar-refractivity contribution in [2.24, 2.45) is 5.92 Å². The fourth-order valence-electron chi connectivity index (χ4n) is 3.63. The Morgan fingerprint density at radius 1 is 1.10 bits per heavy atom. The maximum absolute atomic E-state index is 12.9. The van der Waals surface area contributed by atoms with Crippen molar-refractivity contribution in [2.45, 2.75) is 19.4 Å². The van der Waals surface area contributed by atoms with E-state index in [-0.39, 0.29) is 30.2 Å². The summed E-state index contributed by atoms with van der Waals surface area (Å²) in [7, 11) is 0. The lowest BCUT2D eigenvalue weighted by Gasteiger charge is -2.32. The zero-order chi connectivity index (χ0) is 21.6. The number of benzene rings is 1. The van der Waals surface area contributed by atoms with E-state index in [9.17, 15) is 14.4 Å². The first-order valence-electron chi connectivity index (χ1n) is 10.1. The molecule has 1 fully saturated rings. The van der Waals surface area contributed by atoms with E-state index in [1.807, 2.05) is 11.4 Å². The number of carbonyl (C=O) groups is 3. The fourth-order valence-corrected chi connectivity index (χ4v) is 4.32. The number of hydrogen-bond acceptors (Lipinski definition) is 5. The summed E-state index contributed by atoms with van der Waals surface area (Å²) in [4.78, 5) is 40.6. The van der Waals surface area contributed by atoms with Crippen LogP contribution < -0.4 is 10.6 Å². The predicted octanol–water partition coefficient (Wildman–Crippen LogP) is 3.76. The molecule has 1 saturated heterocycles. The molecule has 0 bridgehead atoms. The van der Waals surface area contributed by atoms with E-state index in [1.165, 1.54) is 11.3 Å². The van der Waals surface area contributed by atoms with Gasteiger partial charge >= 0.3 is 0 Å². The van der Waals surface area contributed by atoms with Gasteiger partial charge in [0.1, 0.15) is 5.76 Å². The van der Waals surface area contributed by atoms with Gasteiger partial charge in [-0.3, -0.25) is 14.4 Å². The van der Waals surface area contributed by atoms with Crippen molar-refractivity contribution >= 4 is 34.7 Å². The van der Waals surface area contributed by atoms with Gasteiger partial charge < -0.3 is 20.0 Å². The van der Waals surface area contributed by atoms with E-state index in [0.717, 1.165) is 6.42 Å². The van der Waals surface area contributed by atoms with Crippen LogP contribution in [0.25, 0.3) is 0 Å². The number of likely N-dealkylation sites (tertiary alicyclic amines) is 1. The molecule has 3 heterocycles. The fraction of sp³-hybridized carbons (Fsp3) is 0.261. The van der Waals surface area contributed by atoms with Crippen LogP contribution in [0.15, 0.2) is 64.6 Å². The highest BCUT2D eigenvalue weighted by atomic mass is 32.1. The van der Waals surface area contributed by atoms with E-state index in [1.54, 1.807) is 53.6 Å². The summed E-state index contributed by atoms with van der Waals surface area (Å²) < 4.78 is 5.23. The smallest absolute Gasteiger partial charge is 0.263 e. The SMILES string of the molecule is O=C(NCc1ccco1)c1ccccc1NC(=O)C1CCCN(C(=O)c2cccs2)C1. The minimum atomic E-state index is -0.322. The maximum atomic E-state index is 12.9. The third-order valence-corrected chi connectivity index (χ3v) is 6.10. The number of para-hydroxylation sites is 1. The van der Waals surface area contributed by atoms with Gasteiger partial charge in [0.15, 0.2) is 0 Å². The van der Waals surface area contributed by atoms with Crippen molar-refractivity contribution in [3.63, 3.8) is 0 Å². The number of hydrogen-bond donors (Lipinski definition) is 2. The summed E-state index contributed by atoms with van der Waals surface area (Å²) in [6.07, 6.45) is 3.01. The molecule has 1 unspecified atom stereocenters. The molecule has 2 N–H and O–H groups in total. The predicted molar refractivity (Wildman–Crippen MR) is 118 cm³/mol. The number of furan rings is 1. The minimum Gasteiger partial charge on any atom is -0.467 e. The summed E-state index contributed by atoms with van der Waals surface area (Å²) in [6.45, 7) is 1.28. The lowest BCUT2D eigenvalue weighted by atomic mass is 9.96. The van der Waals surface area contributed by atoms with Crippen molar-refractivity contribution in [3.8, 4) is 0 Å². The Morgan fingerprint density at radius 2 is 1.97 bits per heavy atom. The maximum Gasteiger partial charge on any atom is 0.263 e. The largest absolute Gasteiger partial charge is 0.467 e. The Morgan fingerprint density at radius 3 is 2.74 bits per heavy atom. The van der Waals surface area contributed by atoms with E-state index in [2.05, 4.69) is 10.6 Å². The van der Waals surface area contributed by atoms with Gasteiger partial charge in [0.2, 0.25) is 5.91 Å². The van der Waals surface area contributed by atoms with Crippen molar-refractivity contribution in [1.29, 1.82) is 0 Å². The molecule has 1 aliphatic heterocycles. The summed E-state index contributed by atoms with van der Waals surface area (Å²) >= 11 is 1.40. The number of carbonyl (C=O) groups excluding carboxylic acids is 3. The first-order valence-corrected chi connectivity index (χ1v) is 11.0. The first kappa shape index (κ1) is 20.9. The summed E-state index contributed by atoms with van der Waals surface area (Å²) in [5.74, 6) is -0.199. The van der Waals surface area contributed by atoms with Crippen LogP contribution in [0.3, 0.4) is 0 Å². The molecule has 2 aromatic heterocycles. The standard InChI is InChI=1S/C23H23N3O4S/c27-21(16-6-3-11-26(15-16)23(29)20-10-5-13-31-20)25-19-9-2-1-8-18(19)22(28)24-14-17-7-4-12-30-17/h1-2,4-5,7-10,12-13,16H,3,6,11,14-15H2,(H,24,28)(H,25,27). The molecule has 7 nitrogen and oxygen atoms in total. The summed E-state index contributed by atoms with van der Waals surface area (Å²) in [5.41, 5.74) is 0.830. The van der Waals surface area contributed by atoms with Crippen molar-refractivity contribution in [3.05, 3.63) is 76.4 Å². The molecule has 3 amide bonds. The topological polar surface area (TPSA) is 91.7 Å². The second-order valence-electron chi connectivity index (χ2n) is 7.36. The summed E-state index contributed by atoms with van der Waals surface area (Å²) in [5, 5.41) is 7.56. The third kappa shape index (κ3) is 5.03. The van der Waals surface area contributed by atoms with Gasteiger partial charge in [-0.05, 0) is 48.6 Å². The van der Waals surface area contributed by atoms with Crippen LogP contribution in [-0.4, -0.2) is 35.7 Å². The normalized spacial score (nSPS) is 16.0. The second kappa shape index (κ2) is 9.61. The molecule has 3 aromatic rings. The molecule has 160 valence electrons. The highest BCUT2D eigenvalue weighted by molar-refractivity contribution is 7.12.